The molecule has 0 heterocycles. The van der Waals surface area contributed by atoms with Gasteiger partial charge >= 0.3 is 0 Å². The van der Waals surface area contributed by atoms with E-state index in [1.54, 1.807) is 0 Å². The molecule has 0 spiro atoms. The monoisotopic (exact) mass is 178 g/mol. The van der Waals surface area contributed by atoms with Crippen LogP contribution in [0.4, 0.5) is 11.4 Å². The van der Waals surface area contributed by atoms with Gasteiger partial charge in [0.05, 0.1) is 0 Å². The van der Waals surface area contributed by atoms with Crippen molar-refractivity contribution in [2.75, 3.05) is 24.7 Å². The lowest BCUT2D eigenvalue weighted by Gasteiger charge is -2.15. The quantitative estimate of drug-likeness (QED) is 0.551. The van der Waals surface area contributed by atoms with E-state index in [1.807, 2.05) is 38.1 Å². The van der Waals surface area contributed by atoms with Gasteiger partial charge in [0.25, 0.3) is 0 Å². The summed E-state index contributed by atoms with van der Waals surface area (Å²) in [7, 11) is 3.83. The van der Waals surface area contributed by atoms with Crippen molar-refractivity contribution in [2.45, 2.75) is 6.92 Å². The SMILES string of the molecule is Cc1c(N)cc(N(C)C)cc1C=O. The lowest BCUT2D eigenvalue weighted by atomic mass is 10.1. The number of nitrogen functional groups attached to an aromatic ring is 1. The standard InChI is InChI=1S/C10H14N2O/c1-7-8(6-13)4-9(12(2)3)5-10(7)11/h4-6H,11H2,1-3H3. The van der Waals surface area contributed by atoms with Crippen molar-refractivity contribution in [1.82, 2.24) is 0 Å². The minimum Gasteiger partial charge on any atom is -0.398 e. The molecule has 0 aromatic heterocycles. The average Bonchev–Trinajstić information content (AvgIpc) is 2.09. The van der Waals surface area contributed by atoms with Crippen molar-refractivity contribution in [1.29, 1.82) is 0 Å². The molecule has 1 aromatic rings. The van der Waals surface area contributed by atoms with E-state index >= 15 is 0 Å². The molecule has 3 heteroatoms. The highest BCUT2D eigenvalue weighted by atomic mass is 16.1. The summed E-state index contributed by atoms with van der Waals surface area (Å²) in [4.78, 5) is 12.6. The van der Waals surface area contributed by atoms with Crippen LogP contribution < -0.4 is 10.6 Å². The van der Waals surface area contributed by atoms with Gasteiger partial charge in [-0.3, -0.25) is 4.79 Å². The van der Waals surface area contributed by atoms with Gasteiger partial charge in [-0.15, -0.1) is 0 Å². The Balaban J connectivity index is 3.30. The third kappa shape index (κ3) is 1.80. The van der Waals surface area contributed by atoms with Crippen LogP contribution in [0.5, 0.6) is 0 Å². The van der Waals surface area contributed by atoms with Gasteiger partial charge in [0, 0.05) is 31.0 Å². The number of aldehydes is 1. The lowest BCUT2D eigenvalue weighted by molar-refractivity contribution is 0.112. The molecule has 3 nitrogen and oxygen atoms in total. The fourth-order valence-electron chi connectivity index (χ4n) is 1.12. The molecule has 70 valence electrons. The first-order chi connectivity index (χ1) is 6.06. The Morgan fingerprint density at radius 1 is 1.38 bits per heavy atom. The zero-order valence-electron chi connectivity index (χ0n) is 8.16. The maximum atomic E-state index is 10.7. The molecular formula is C10H14N2O. The van der Waals surface area contributed by atoms with Crippen molar-refractivity contribution < 1.29 is 4.79 Å². The highest BCUT2D eigenvalue weighted by molar-refractivity contribution is 5.83. The highest BCUT2D eigenvalue weighted by Gasteiger charge is 2.04. The van der Waals surface area contributed by atoms with Gasteiger partial charge in [0.15, 0.2) is 0 Å². The Labute approximate surface area is 78.2 Å². The van der Waals surface area contributed by atoms with E-state index in [2.05, 4.69) is 0 Å². The van der Waals surface area contributed by atoms with Crippen LogP contribution in [0.15, 0.2) is 12.1 Å². The first kappa shape index (κ1) is 9.58. The third-order valence-corrected chi connectivity index (χ3v) is 2.12. The van der Waals surface area contributed by atoms with Crippen LogP contribution in [-0.4, -0.2) is 20.4 Å². The molecule has 0 unspecified atom stereocenters. The molecule has 1 aromatic carbocycles. The molecule has 0 radical (unpaired) electrons. The van der Waals surface area contributed by atoms with E-state index in [-0.39, 0.29) is 0 Å². The predicted molar refractivity (Wildman–Crippen MR) is 55.3 cm³/mol. The Bertz CT molecular complexity index is 332. The number of benzene rings is 1. The number of hydrogen-bond acceptors (Lipinski definition) is 3. The summed E-state index contributed by atoms with van der Waals surface area (Å²) in [6.07, 6.45) is 0.832. The Morgan fingerprint density at radius 2 is 2.00 bits per heavy atom. The molecule has 0 aliphatic rings. The molecule has 0 saturated carbocycles. The summed E-state index contributed by atoms with van der Waals surface area (Å²) < 4.78 is 0. The van der Waals surface area contributed by atoms with Gasteiger partial charge in [-0.1, -0.05) is 0 Å². The lowest BCUT2D eigenvalue weighted by Crippen LogP contribution is -2.10. The van der Waals surface area contributed by atoms with Gasteiger partial charge in [-0.2, -0.15) is 0 Å². The van der Waals surface area contributed by atoms with E-state index in [9.17, 15) is 4.79 Å². The van der Waals surface area contributed by atoms with Gasteiger partial charge in [-0.25, -0.2) is 0 Å². The molecule has 2 N–H and O–H groups in total. The van der Waals surface area contributed by atoms with E-state index in [0.717, 1.165) is 17.5 Å². The normalized spacial score (nSPS) is 9.77. The average molecular weight is 178 g/mol. The second-order valence-corrected chi connectivity index (χ2v) is 3.26. The van der Waals surface area contributed by atoms with E-state index < -0.39 is 0 Å². The summed E-state index contributed by atoms with van der Waals surface area (Å²) in [5.74, 6) is 0. The first-order valence-electron chi connectivity index (χ1n) is 4.09. The first-order valence-corrected chi connectivity index (χ1v) is 4.09. The maximum absolute atomic E-state index is 10.7. The zero-order chi connectivity index (χ0) is 10.0. The minimum atomic E-state index is 0.656. The molecular weight excluding hydrogens is 164 g/mol. The van der Waals surface area contributed by atoms with Crippen LogP contribution in [0.2, 0.25) is 0 Å². The molecule has 0 aliphatic carbocycles. The molecule has 0 amide bonds. The second-order valence-electron chi connectivity index (χ2n) is 3.26. The van der Waals surface area contributed by atoms with E-state index in [4.69, 9.17) is 5.73 Å². The van der Waals surface area contributed by atoms with E-state index in [0.29, 0.717) is 11.3 Å². The fraction of sp³-hybridized carbons (Fsp3) is 0.300. The topological polar surface area (TPSA) is 46.3 Å². The summed E-state index contributed by atoms with van der Waals surface area (Å²) in [5.41, 5.74) is 8.86. The molecule has 0 fully saturated rings. The molecule has 1 rings (SSSR count). The van der Waals surface area contributed by atoms with Crippen molar-refractivity contribution in [3.05, 3.63) is 23.3 Å². The van der Waals surface area contributed by atoms with Crippen molar-refractivity contribution in [3.63, 3.8) is 0 Å². The number of nitrogens with two attached hydrogens (primary N) is 1. The molecule has 0 atom stereocenters. The smallest absolute Gasteiger partial charge is 0.150 e. The van der Waals surface area contributed by atoms with Crippen molar-refractivity contribution in [2.24, 2.45) is 0 Å². The van der Waals surface area contributed by atoms with Crippen molar-refractivity contribution >= 4 is 17.7 Å². The number of carbonyl (C=O) groups is 1. The van der Waals surface area contributed by atoms with Crippen LogP contribution in [0.25, 0.3) is 0 Å². The summed E-state index contributed by atoms with van der Waals surface area (Å²) >= 11 is 0. The van der Waals surface area contributed by atoms with Crippen LogP contribution in [-0.2, 0) is 0 Å². The van der Waals surface area contributed by atoms with Gasteiger partial charge in [-0.05, 0) is 24.6 Å². The zero-order valence-corrected chi connectivity index (χ0v) is 8.16. The molecule has 0 aliphatic heterocycles. The van der Waals surface area contributed by atoms with Gasteiger partial charge < -0.3 is 10.6 Å². The Hall–Kier alpha value is -1.51. The highest BCUT2D eigenvalue weighted by Crippen LogP contribution is 2.22. The fourth-order valence-corrected chi connectivity index (χ4v) is 1.12. The Kier molecular flexibility index (Phi) is 2.56. The van der Waals surface area contributed by atoms with Gasteiger partial charge in [0.1, 0.15) is 6.29 Å². The number of rotatable bonds is 2. The number of nitrogens with zero attached hydrogens (tertiary/aromatic N) is 1. The van der Waals surface area contributed by atoms with Crippen molar-refractivity contribution in [3.8, 4) is 0 Å². The molecule has 0 saturated heterocycles. The maximum Gasteiger partial charge on any atom is 0.150 e. The number of hydrogen-bond donors (Lipinski definition) is 1. The summed E-state index contributed by atoms with van der Waals surface area (Å²) in [6, 6.07) is 3.70. The number of anilines is 2. The summed E-state index contributed by atoms with van der Waals surface area (Å²) in [5, 5.41) is 0. The third-order valence-electron chi connectivity index (χ3n) is 2.12. The second kappa shape index (κ2) is 3.47. The van der Waals surface area contributed by atoms with Gasteiger partial charge in [0.2, 0.25) is 0 Å². The number of carbonyl (C=O) groups excluding carboxylic acids is 1. The predicted octanol–water partition coefficient (Wildman–Crippen LogP) is 1.46. The van der Waals surface area contributed by atoms with Crippen LogP contribution >= 0.6 is 0 Å². The molecule has 0 bridgehead atoms. The minimum absolute atomic E-state index is 0.656. The van der Waals surface area contributed by atoms with E-state index in [1.165, 1.54) is 0 Å². The van der Waals surface area contributed by atoms with Crippen LogP contribution in [0.3, 0.4) is 0 Å². The van der Waals surface area contributed by atoms with Crippen LogP contribution in [0, 0.1) is 6.92 Å². The summed E-state index contributed by atoms with van der Waals surface area (Å²) in [6.45, 7) is 1.85. The largest absolute Gasteiger partial charge is 0.398 e. The Morgan fingerprint density at radius 3 is 2.46 bits per heavy atom. The van der Waals surface area contributed by atoms with Crippen LogP contribution in [0.1, 0.15) is 15.9 Å². The molecule has 13 heavy (non-hydrogen) atoms.